The molecule has 182 valence electrons. The summed E-state index contributed by atoms with van der Waals surface area (Å²) >= 11 is 0. The normalized spacial score (nSPS) is 17.5. The van der Waals surface area contributed by atoms with Crippen LogP contribution in [0.1, 0.15) is 59.6 Å². The van der Waals surface area contributed by atoms with Gasteiger partial charge in [0.05, 0.1) is 41.1 Å². The van der Waals surface area contributed by atoms with Crippen molar-refractivity contribution in [2.45, 2.75) is 57.1 Å². The lowest BCUT2D eigenvalue weighted by atomic mass is 9.80. The molecule has 1 N–H and O–H groups in total. The summed E-state index contributed by atoms with van der Waals surface area (Å²) in [4.78, 5) is 17.9. The molecule has 1 spiro atoms. The first-order chi connectivity index (χ1) is 17.5. The molecule has 3 heterocycles. The molecule has 0 unspecified atom stereocenters. The van der Waals surface area contributed by atoms with E-state index in [9.17, 15) is 4.79 Å². The number of amides is 1. The number of carbonyl (C=O) groups is 1. The van der Waals surface area contributed by atoms with Gasteiger partial charge in [0.2, 0.25) is 0 Å². The van der Waals surface area contributed by atoms with Crippen molar-refractivity contribution in [2.75, 3.05) is 5.32 Å². The van der Waals surface area contributed by atoms with E-state index in [2.05, 4.69) is 25.8 Å². The van der Waals surface area contributed by atoms with Crippen molar-refractivity contribution in [3.05, 3.63) is 65.5 Å². The molecule has 1 aliphatic heterocycles. The lowest BCUT2D eigenvalue weighted by Gasteiger charge is -2.41. The van der Waals surface area contributed by atoms with Crippen molar-refractivity contribution in [1.29, 1.82) is 0 Å². The van der Waals surface area contributed by atoms with Crippen LogP contribution in [-0.2, 0) is 6.54 Å². The number of nitrogens with zero attached hydrogens (tertiary/aromatic N) is 6. The molecule has 0 bridgehead atoms. The summed E-state index contributed by atoms with van der Waals surface area (Å²) in [5.41, 5.74) is 3.15. The van der Waals surface area contributed by atoms with E-state index in [0.29, 0.717) is 35.3 Å². The molecule has 0 radical (unpaired) electrons. The third-order valence-electron chi connectivity index (χ3n) is 7.46. The Bertz CT molecular complexity index is 1520. The second kappa shape index (κ2) is 7.71. The number of fused-ring (bicyclic) bond motifs is 3. The minimum absolute atomic E-state index is 0.0494. The molecule has 3 aliphatic rings. The zero-order valence-corrected chi connectivity index (χ0v) is 19.7. The van der Waals surface area contributed by atoms with Gasteiger partial charge in [-0.3, -0.25) is 4.79 Å². The molecule has 2 saturated carbocycles. The van der Waals surface area contributed by atoms with Crippen LogP contribution in [0.15, 0.2) is 42.9 Å². The van der Waals surface area contributed by atoms with Crippen LogP contribution in [0.25, 0.3) is 17.1 Å². The summed E-state index contributed by atoms with van der Waals surface area (Å²) in [5.74, 6) is 0.456. The molecular weight excluding hydrogens is 461 g/mol. The number of anilines is 1. The van der Waals surface area contributed by atoms with Gasteiger partial charge in [-0.2, -0.15) is 0 Å². The van der Waals surface area contributed by atoms with Crippen molar-refractivity contribution in [3.8, 4) is 22.8 Å². The maximum atomic E-state index is 15.0. The van der Waals surface area contributed by atoms with Crippen LogP contribution in [0.5, 0.6) is 5.75 Å². The molecule has 0 atom stereocenters. The predicted octanol–water partition coefficient (Wildman–Crippen LogP) is 4.42. The highest BCUT2D eigenvalue weighted by atomic mass is 19.1. The number of aryl methyl sites for hydroxylation is 1. The monoisotopic (exact) mass is 485 g/mol. The lowest BCUT2D eigenvalue weighted by molar-refractivity contribution is -0.0213. The molecule has 10 heteroatoms. The number of nitrogens with one attached hydrogen (secondary N) is 1. The maximum Gasteiger partial charge on any atom is 0.258 e. The van der Waals surface area contributed by atoms with Crippen molar-refractivity contribution in [1.82, 2.24) is 29.8 Å². The van der Waals surface area contributed by atoms with Crippen LogP contribution in [0.3, 0.4) is 0 Å². The molecule has 1 amide bonds. The molecular formula is C26H24FN7O2. The minimum atomic E-state index is -0.585. The molecule has 4 aromatic rings. The molecule has 2 aromatic carbocycles. The van der Waals surface area contributed by atoms with Crippen LogP contribution in [0, 0.1) is 12.7 Å². The summed E-state index contributed by atoms with van der Waals surface area (Å²) in [7, 11) is 0. The fraction of sp³-hybridized carbons (Fsp3) is 0.346. The van der Waals surface area contributed by atoms with Gasteiger partial charge in [-0.25, -0.2) is 14.1 Å². The topological polar surface area (TPSA) is 99.7 Å². The maximum absolute atomic E-state index is 15.0. The molecule has 7 rings (SSSR count). The molecule has 0 saturated heterocycles. The number of carbonyl (C=O) groups excluding carboxylic acids is 1. The number of para-hydroxylation sites is 1. The van der Waals surface area contributed by atoms with Crippen LogP contribution in [0.2, 0.25) is 0 Å². The van der Waals surface area contributed by atoms with Gasteiger partial charge < -0.3 is 14.6 Å². The summed E-state index contributed by atoms with van der Waals surface area (Å²) in [6, 6.07) is 8.39. The summed E-state index contributed by atoms with van der Waals surface area (Å²) in [5, 5.41) is 15.1. The van der Waals surface area contributed by atoms with Gasteiger partial charge in [-0.05, 0) is 79.3 Å². The number of aromatic nitrogens is 6. The largest absolute Gasteiger partial charge is 0.482 e. The highest BCUT2D eigenvalue weighted by Crippen LogP contribution is 2.47. The molecule has 2 fully saturated rings. The number of hydrogen-bond acceptors (Lipinski definition) is 6. The Morgan fingerprint density at radius 3 is 2.89 bits per heavy atom. The van der Waals surface area contributed by atoms with E-state index in [0.717, 1.165) is 49.0 Å². The number of halogens is 1. The van der Waals surface area contributed by atoms with E-state index in [1.807, 2.05) is 23.8 Å². The summed E-state index contributed by atoms with van der Waals surface area (Å²) in [6.45, 7) is 2.37. The van der Waals surface area contributed by atoms with Crippen molar-refractivity contribution < 1.29 is 13.9 Å². The van der Waals surface area contributed by atoms with Crippen molar-refractivity contribution in [2.24, 2.45) is 0 Å². The SMILES string of the molecule is Cc1cc(F)c(C(=O)Nc2cccc3c2OC2(CCC2)Cn2nnnc2-3)cc1-n1cnc(C2CC2)c1. The fourth-order valence-electron chi connectivity index (χ4n) is 5.14. The number of tetrazole rings is 1. The van der Waals surface area contributed by atoms with E-state index in [1.54, 1.807) is 29.2 Å². The molecule has 36 heavy (non-hydrogen) atoms. The molecule has 2 aromatic heterocycles. The molecule has 2 aliphatic carbocycles. The van der Waals surface area contributed by atoms with Gasteiger partial charge in [-0.15, -0.1) is 5.10 Å². The van der Waals surface area contributed by atoms with Gasteiger partial charge in [0.1, 0.15) is 11.4 Å². The Morgan fingerprint density at radius 2 is 2.11 bits per heavy atom. The van der Waals surface area contributed by atoms with E-state index in [-0.39, 0.29) is 5.56 Å². The van der Waals surface area contributed by atoms with Crippen LogP contribution < -0.4 is 10.1 Å². The Kier molecular flexibility index (Phi) is 4.54. The van der Waals surface area contributed by atoms with Crippen molar-refractivity contribution >= 4 is 11.6 Å². The Morgan fingerprint density at radius 1 is 1.25 bits per heavy atom. The number of imidazole rings is 1. The van der Waals surface area contributed by atoms with E-state index in [4.69, 9.17) is 4.74 Å². The highest BCUT2D eigenvalue weighted by molar-refractivity contribution is 6.06. The lowest BCUT2D eigenvalue weighted by Crippen LogP contribution is -2.46. The standard InChI is InChI=1S/C26H24FN7O2/c1-15-10-19(27)18(11-22(15)33-12-21(28-14-33)16-6-7-16)25(35)29-20-5-2-4-17-23(20)36-26(8-3-9-26)13-34-24(17)30-31-32-34/h2,4-5,10-12,14,16H,3,6-9,13H2,1H3,(H,29,35). The third-order valence-corrected chi connectivity index (χ3v) is 7.46. The highest BCUT2D eigenvalue weighted by Gasteiger charge is 2.44. The van der Waals surface area contributed by atoms with Gasteiger partial charge >= 0.3 is 0 Å². The first-order valence-electron chi connectivity index (χ1n) is 12.2. The number of hydrogen-bond donors (Lipinski definition) is 1. The fourth-order valence-corrected chi connectivity index (χ4v) is 5.14. The second-order valence-corrected chi connectivity index (χ2v) is 10.0. The van der Waals surface area contributed by atoms with E-state index < -0.39 is 17.3 Å². The van der Waals surface area contributed by atoms with Gasteiger partial charge in [0, 0.05) is 12.1 Å². The van der Waals surface area contributed by atoms with Crippen LogP contribution in [-0.4, -0.2) is 41.3 Å². The minimum Gasteiger partial charge on any atom is -0.482 e. The average Bonchev–Trinajstić information content (AvgIpc) is 3.44. The van der Waals surface area contributed by atoms with Gasteiger partial charge in [0.25, 0.3) is 5.91 Å². The predicted molar refractivity (Wildman–Crippen MR) is 129 cm³/mol. The third kappa shape index (κ3) is 3.39. The number of benzene rings is 2. The first kappa shape index (κ1) is 21.2. The second-order valence-electron chi connectivity index (χ2n) is 10.0. The van der Waals surface area contributed by atoms with Crippen LogP contribution >= 0.6 is 0 Å². The number of rotatable bonds is 4. The smallest absolute Gasteiger partial charge is 0.258 e. The van der Waals surface area contributed by atoms with Gasteiger partial charge in [-0.1, -0.05) is 6.07 Å². The summed E-state index contributed by atoms with van der Waals surface area (Å²) < 4.78 is 25.2. The number of ether oxygens (including phenoxy) is 1. The summed E-state index contributed by atoms with van der Waals surface area (Å²) in [6.07, 6.45) is 8.77. The first-order valence-corrected chi connectivity index (χ1v) is 12.2. The Labute approximate surface area is 206 Å². The Balaban J connectivity index is 1.25. The van der Waals surface area contributed by atoms with E-state index >= 15 is 4.39 Å². The zero-order valence-electron chi connectivity index (χ0n) is 19.7. The van der Waals surface area contributed by atoms with Gasteiger partial charge in [0.15, 0.2) is 11.6 Å². The Hall–Kier alpha value is -4.08. The van der Waals surface area contributed by atoms with Crippen LogP contribution in [0.4, 0.5) is 10.1 Å². The quantitative estimate of drug-likeness (QED) is 0.459. The van der Waals surface area contributed by atoms with Crippen molar-refractivity contribution in [3.63, 3.8) is 0 Å². The average molecular weight is 486 g/mol. The molecule has 9 nitrogen and oxygen atoms in total. The zero-order chi connectivity index (χ0) is 24.4. The van der Waals surface area contributed by atoms with E-state index in [1.165, 1.54) is 6.07 Å².